The highest BCUT2D eigenvalue weighted by atomic mass is 19.1. The van der Waals surface area contributed by atoms with E-state index >= 15 is 0 Å². The zero-order valence-corrected chi connectivity index (χ0v) is 12.8. The van der Waals surface area contributed by atoms with Gasteiger partial charge >= 0.3 is 0 Å². The summed E-state index contributed by atoms with van der Waals surface area (Å²) in [5.41, 5.74) is 0.298. The third kappa shape index (κ3) is 3.95. The number of halogens is 1. The Kier molecular flexibility index (Phi) is 4.81. The summed E-state index contributed by atoms with van der Waals surface area (Å²) in [6.07, 6.45) is 5.26. The van der Waals surface area contributed by atoms with Gasteiger partial charge in [-0.2, -0.15) is 0 Å². The van der Waals surface area contributed by atoms with Crippen LogP contribution >= 0.6 is 0 Å². The van der Waals surface area contributed by atoms with Gasteiger partial charge in [-0.1, -0.05) is 6.07 Å². The van der Waals surface area contributed by atoms with Gasteiger partial charge in [0.1, 0.15) is 23.8 Å². The summed E-state index contributed by atoms with van der Waals surface area (Å²) < 4.78 is 15.0. The van der Waals surface area contributed by atoms with E-state index in [2.05, 4.69) is 20.6 Å². The van der Waals surface area contributed by atoms with Crippen LogP contribution in [0.3, 0.4) is 0 Å². The molecule has 0 saturated heterocycles. The van der Waals surface area contributed by atoms with E-state index in [0.717, 1.165) is 5.82 Å². The van der Waals surface area contributed by atoms with Crippen LogP contribution in [0.5, 0.6) is 0 Å². The van der Waals surface area contributed by atoms with Gasteiger partial charge in [-0.25, -0.2) is 14.4 Å². The van der Waals surface area contributed by atoms with Gasteiger partial charge in [0, 0.05) is 37.1 Å². The van der Waals surface area contributed by atoms with Gasteiger partial charge in [-0.05, 0) is 30.3 Å². The fraction of sp³-hybridized carbons (Fsp3) is 0.118. The molecule has 0 radical (unpaired) electrons. The Morgan fingerprint density at radius 2 is 1.92 bits per heavy atom. The monoisotopic (exact) mass is 325 g/mol. The van der Waals surface area contributed by atoms with Crippen molar-refractivity contribution in [2.45, 2.75) is 0 Å². The molecule has 0 saturated carbocycles. The van der Waals surface area contributed by atoms with Gasteiger partial charge in [0.25, 0.3) is 5.91 Å². The molecule has 3 aromatic rings. The quantitative estimate of drug-likeness (QED) is 0.682. The zero-order valence-electron chi connectivity index (χ0n) is 12.8. The Labute approximate surface area is 138 Å². The number of rotatable bonds is 6. The second-order valence-electron chi connectivity index (χ2n) is 5.04. The Morgan fingerprint density at radius 1 is 1.08 bits per heavy atom. The molecule has 0 unspecified atom stereocenters. The second-order valence-corrected chi connectivity index (χ2v) is 5.04. The smallest absolute Gasteiger partial charge is 0.251 e. The van der Waals surface area contributed by atoms with Crippen LogP contribution in [-0.2, 0) is 0 Å². The zero-order chi connectivity index (χ0) is 16.8. The molecule has 2 N–H and O–H groups in total. The SMILES string of the molecule is O=C(NCCNc1cc(-n2cccc2)ncn1)c1cccc(F)c1. The van der Waals surface area contributed by atoms with Crippen LogP contribution in [0.2, 0.25) is 0 Å². The van der Waals surface area contributed by atoms with Gasteiger partial charge in [0.2, 0.25) is 0 Å². The van der Waals surface area contributed by atoms with Crippen LogP contribution in [0.25, 0.3) is 5.82 Å². The van der Waals surface area contributed by atoms with E-state index in [4.69, 9.17) is 0 Å². The van der Waals surface area contributed by atoms with Crippen molar-refractivity contribution < 1.29 is 9.18 Å². The lowest BCUT2D eigenvalue weighted by molar-refractivity contribution is 0.0954. The summed E-state index contributed by atoms with van der Waals surface area (Å²) in [5.74, 6) is 0.668. The number of hydrogen-bond acceptors (Lipinski definition) is 4. The molecule has 24 heavy (non-hydrogen) atoms. The van der Waals surface area contributed by atoms with Crippen molar-refractivity contribution in [1.29, 1.82) is 0 Å². The number of hydrogen-bond donors (Lipinski definition) is 2. The molecule has 0 atom stereocenters. The molecule has 1 amide bonds. The van der Waals surface area contributed by atoms with Gasteiger partial charge < -0.3 is 15.2 Å². The van der Waals surface area contributed by atoms with Crippen LogP contribution in [0.1, 0.15) is 10.4 Å². The first kappa shape index (κ1) is 15.7. The maximum atomic E-state index is 13.1. The molecule has 6 nitrogen and oxygen atoms in total. The maximum absolute atomic E-state index is 13.1. The minimum atomic E-state index is -0.431. The largest absolute Gasteiger partial charge is 0.368 e. The van der Waals surface area contributed by atoms with E-state index in [1.165, 1.54) is 24.5 Å². The standard InChI is InChI=1S/C17H16FN5O/c18-14-5-3-4-13(10-14)17(24)20-7-6-19-15-11-16(22-12-21-15)23-8-1-2-9-23/h1-5,8-12H,6-7H2,(H,20,24)(H,19,21,22). The molecule has 0 aliphatic rings. The van der Waals surface area contributed by atoms with Gasteiger partial charge in [-0.3, -0.25) is 4.79 Å². The highest BCUT2D eigenvalue weighted by Crippen LogP contribution is 2.08. The second kappa shape index (κ2) is 7.36. The summed E-state index contributed by atoms with van der Waals surface area (Å²) in [4.78, 5) is 20.2. The summed E-state index contributed by atoms with van der Waals surface area (Å²) in [6.45, 7) is 0.876. The van der Waals surface area contributed by atoms with E-state index in [1.54, 1.807) is 6.07 Å². The topological polar surface area (TPSA) is 71.8 Å². The number of nitrogens with zero attached hydrogens (tertiary/aromatic N) is 3. The molecule has 122 valence electrons. The molecule has 3 rings (SSSR count). The van der Waals surface area contributed by atoms with Crippen molar-refractivity contribution in [2.75, 3.05) is 18.4 Å². The summed E-state index contributed by atoms with van der Waals surface area (Å²) in [7, 11) is 0. The molecule has 7 heteroatoms. The van der Waals surface area contributed by atoms with Crippen molar-refractivity contribution in [3.05, 3.63) is 72.6 Å². The first-order valence-corrected chi connectivity index (χ1v) is 7.45. The first-order chi connectivity index (χ1) is 11.7. The highest BCUT2D eigenvalue weighted by molar-refractivity contribution is 5.94. The molecule has 2 heterocycles. The highest BCUT2D eigenvalue weighted by Gasteiger charge is 2.05. The van der Waals surface area contributed by atoms with Crippen LogP contribution in [-0.4, -0.2) is 33.5 Å². The van der Waals surface area contributed by atoms with Crippen molar-refractivity contribution in [3.63, 3.8) is 0 Å². The molecule has 1 aromatic carbocycles. The molecule has 0 fully saturated rings. The fourth-order valence-corrected chi connectivity index (χ4v) is 2.17. The molecule has 2 aromatic heterocycles. The maximum Gasteiger partial charge on any atom is 0.251 e. The van der Waals surface area contributed by atoms with Gasteiger partial charge in [0.05, 0.1) is 0 Å². The average Bonchev–Trinajstić information content (AvgIpc) is 3.13. The third-order valence-electron chi connectivity index (χ3n) is 3.33. The molecular formula is C17H16FN5O. The van der Waals surface area contributed by atoms with Crippen LogP contribution in [0.15, 0.2) is 61.2 Å². The Hall–Kier alpha value is -3.22. The lowest BCUT2D eigenvalue weighted by Crippen LogP contribution is -2.29. The number of nitrogens with one attached hydrogen (secondary N) is 2. The van der Waals surface area contributed by atoms with Crippen molar-refractivity contribution >= 4 is 11.7 Å². The minimum absolute atomic E-state index is 0.298. The van der Waals surface area contributed by atoms with Crippen LogP contribution in [0, 0.1) is 5.82 Å². The normalized spacial score (nSPS) is 10.4. The predicted octanol–water partition coefficient (Wildman–Crippen LogP) is 2.25. The number of aromatic nitrogens is 3. The number of carbonyl (C=O) groups is 1. The van der Waals surface area contributed by atoms with E-state index < -0.39 is 5.82 Å². The molecule has 0 aliphatic carbocycles. The average molecular weight is 325 g/mol. The van der Waals surface area contributed by atoms with Crippen LogP contribution < -0.4 is 10.6 Å². The lowest BCUT2D eigenvalue weighted by Gasteiger charge is -2.09. The lowest BCUT2D eigenvalue weighted by atomic mass is 10.2. The third-order valence-corrected chi connectivity index (χ3v) is 3.33. The van der Waals surface area contributed by atoms with Crippen LogP contribution in [0.4, 0.5) is 10.2 Å². The van der Waals surface area contributed by atoms with E-state index in [9.17, 15) is 9.18 Å². The molecule has 0 bridgehead atoms. The predicted molar refractivity (Wildman–Crippen MR) is 88.6 cm³/mol. The number of amides is 1. The summed E-state index contributed by atoms with van der Waals surface area (Å²) in [5, 5.41) is 5.83. The number of benzene rings is 1. The van der Waals surface area contributed by atoms with Gasteiger partial charge in [0.15, 0.2) is 0 Å². The fourth-order valence-electron chi connectivity index (χ4n) is 2.17. The first-order valence-electron chi connectivity index (χ1n) is 7.45. The van der Waals surface area contributed by atoms with E-state index in [1.807, 2.05) is 35.2 Å². The van der Waals surface area contributed by atoms with Gasteiger partial charge in [-0.15, -0.1) is 0 Å². The van der Waals surface area contributed by atoms with E-state index in [-0.39, 0.29) is 5.91 Å². The minimum Gasteiger partial charge on any atom is -0.368 e. The molecular weight excluding hydrogens is 309 g/mol. The van der Waals surface area contributed by atoms with Crippen molar-refractivity contribution in [1.82, 2.24) is 19.9 Å². The van der Waals surface area contributed by atoms with Crippen molar-refractivity contribution in [2.24, 2.45) is 0 Å². The van der Waals surface area contributed by atoms with E-state index in [0.29, 0.717) is 24.5 Å². The number of carbonyl (C=O) groups excluding carboxylic acids is 1. The molecule has 0 spiro atoms. The Balaban J connectivity index is 1.50. The molecule has 0 aliphatic heterocycles. The Morgan fingerprint density at radius 3 is 2.71 bits per heavy atom. The van der Waals surface area contributed by atoms with Crippen molar-refractivity contribution in [3.8, 4) is 5.82 Å². The number of anilines is 1. The Bertz CT molecular complexity index is 819. The summed E-state index contributed by atoms with van der Waals surface area (Å²) in [6, 6.07) is 11.2. The summed E-state index contributed by atoms with van der Waals surface area (Å²) >= 11 is 0.